The number of amides is 1. The molecule has 4 aromatic heterocycles. The van der Waals surface area contributed by atoms with Gasteiger partial charge < -0.3 is 24.4 Å². The Labute approximate surface area is 216 Å². The quantitative estimate of drug-likeness (QED) is 0.356. The number of hydrogen-bond donors (Lipinski definition) is 2. The molecule has 36 heavy (non-hydrogen) atoms. The topological polar surface area (TPSA) is 113 Å². The predicted octanol–water partition coefficient (Wildman–Crippen LogP) is 4.76. The number of aromatic carboxylic acids is 1. The van der Waals surface area contributed by atoms with Crippen LogP contribution in [0.25, 0.3) is 21.7 Å². The van der Waals surface area contributed by atoms with E-state index in [2.05, 4.69) is 34.2 Å². The fraction of sp³-hybridized carbons (Fsp3) is 0.360. The Hall–Kier alpha value is -3.21. The summed E-state index contributed by atoms with van der Waals surface area (Å²) in [6, 6.07) is 10.8. The van der Waals surface area contributed by atoms with Crippen molar-refractivity contribution in [1.82, 2.24) is 24.9 Å². The van der Waals surface area contributed by atoms with E-state index < -0.39 is 5.97 Å². The average Bonchev–Trinajstić information content (AvgIpc) is 3.58. The second-order valence-corrected chi connectivity index (χ2v) is 10.9. The summed E-state index contributed by atoms with van der Waals surface area (Å²) in [5.74, 6) is -0.752. The Morgan fingerprint density at radius 3 is 2.67 bits per heavy atom. The number of rotatable bonds is 7. The van der Waals surface area contributed by atoms with Gasteiger partial charge in [-0.3, -0.25) is 4.79 Å². The van der Waals surface area contributed by atoms with Gasteiger partial charge in [-0.2, -0.15) is 0 Å². The number of carboxylic acid groups (broad SMARTS) is 1. The molecule has 9 nitrogen and oxygen atoms in total. The van der Waals surface area contributed by atoms with E-state index in [0.717, 1.165) is 30.8 Å². The molecule has 1 saturated heterocycles. The summed E-state index contributed by atoms with van der Waals surface area (Å²) in [5, 5.41) is 16.7. The SMILES string of the molecule is CC(C)N1CCC(NC(=O)c2cc3nc(C(=O)O)ccc3n2Cc2cc(-c3ccc(Cl)s3)on2)CC1. The fourth-order valence-electron chi connectivity index (χ4n) is 4.55. The Morgan fingerprint density at radius 1 is 1.22 bits per heavy atom. The van der Waals surface area contributed by atoms with Crippen molar-refractivity contribution in [2.45, 2.75) is 45.3 Å². The highest BCUT2D eigenvalue weighted by Gasteiger charge is 2.25. The van der Waals surface area contributed by atoms with Crippen LogP contribution in [0.2, 0.25) is 4.34 Å². The molecular weight excluding hydrogens is 502 g/mol. The first-order valence-corrected chi connectivity index (χ1v) is 13.0. The number of fused-ring (bicyclic) bond motifs is 1. The summed E-state index contributed by atoms with van der Waals surface area (Å²) in [4.78, 5) is 32.4. The molecule has 0 unspecified atom stereocenters. The van der Waals surface area contributed by atoms with Crippen LogP contribution in [0.1, 0.15) is 53.4 Å². The summed E-state index contributed by atoms with van der Waals surface area (Å²) in [5.41, 5.74) is 2.02. The first-order valence-electron chi connectivity index (χ1n) is 11.8. The lowest BCUT2D eigenvalue weighted by molar-refractivity contribution is 0.0690. The molecule has 0 bridgehead atoms. The zero-order valence-corrected chi connectivity index (χ0v) is 21.5. The van der Waals surface area contributed by atoms with Gasteiger partial charge in [0.1, 0.15) is 17.1 Å². The van der Waals surface area contributed by atoms with E-state index in [1.54, 1.807) is 22.8 Å². The summed E-state index contributed by atoms with van der Waals surface area (Å²) >= 11 is 7.44. The number of likely N-dealkylation sites (tertiary alicyclic amines) is 1. The second kappa shape index (κ2) is 10.0. The number of thiophene rings is 1. The molecule has 0 aromatic carbocycles. The lowest BCUT2D eigenvalue weighted by atomic mass is 10.0. The normalized spacial score (nSPS) is 15.1. The van der Waals surface area contributed by atoms with Crippen molar-refractivity contribution >= 4 is 45.8 Å². The molecule has 0 aliphatic carbocycles. The highest BCUT2D eigenvalue weighted by atomic mass is 35.5. The largest absolute Gasteiger partial charge is 0.477 e. The van der Waals surface area contributed by atoms with Crippen LogP contribution in [0.3, 0.4) is 0 Å². The molecule has 1 fully saturated rings. The third kappa shape index (κ3) is 5.02. The summed E-state index contributed by atoms with van der Waals surface area (Å²) < 4.78 is 7.97. The second-order valence-electron chi connectivity index (χ2n) is 9.19. The van der Waals surface area contributed by atoms with Crippen molar-refractivity contribution in [3.05, 3.63) is 57.8 Å². The van der Waals surface area contributed by atoms with E-state index in [1.165, 1.54) is 17.4 Å². The molecule has 4 aromatic rings. The molecule has 5 rings (SSSR count). The number of carbonyl (C=O) groups is 2. The van der Waals surface area contributed by atoms with Gasteiger partial charge in [-0.25, -0.2) is 9.78 Å². The maximum absolute atomic E-state index is 13.4. The van der Waals surface area contributed by atoms with Crippen LogP contribution in [0.5, 0.6) is 0 Å². The molecule has 188 valence electrons. The molecular formula is C25H26ClN5O4S. The number of nitrogens with zero attached hydrogens (tertiary/aromatic N) is 4. The lowest BCUT2D eigenvalue weighted by Crippen LogP contribution is -2.46. The van der Waals surface area contributed by atoms with E-state index in [4.69, 9.17) is 16.1 Å². The van der Waals surface area contributed by atoms with Crippen LogP contribution in [-0.4, -0.2) is 61.8 Å². The van der Waals surface area contributed by atoms with E-state index in [1.807, 2.05) is 12.1 Å². The van der Waals surface area contributed by atoms with E-state index >= 15 is 0 Å². The Bertz CT molecular complexity index is 1420. The third-order valence-electron chi connectivity index (χ3n) is 6.50. The highest BCUT2D eigenvalue weighted by molar-refractivity contribution is 7.19. The maximum atomic E-state index is 13.4. The third-order valence-corrected chi connectivity index (χ3v) is 7.75. The van der Waals surface area contributed by atoms with Gasteiger partial charge >= 0.3 is 5.97 Å². The number of halogens is 1. The van der Waals surface area contributed by atoms with Gasteiger partial charge in [0.2, 0.25) is 0 Å². The monoisotopic (exact) mass is 527 g/mol. The van der Waals surface area contributed by atoms with Gasteiger partial charge in [0, 0.05) is 31.2 Å². The minimum Gasteiger partial charge on any atom is -0.477 e. The Balaban J connectivity index is 1.43. The molecule has 2 N–H and O–H groups in total. The zero-order valence-electron chi connectivity index (χ0n) is 19.9. The number of carbonyl (C=O) groups excluding carboxylic acids is 1. The Morgan fingerprint density at radius 2 is 2.00 bits per heavy atom. The Kier molecular flexibility index (Phi) is 6.83. The van der Waals surface area contributed by atoms with Gasteiger partial charge in [-0.05, 0) is 57.0 Å². The van der Waals surface area contributed by atoms with Crippen molar-refractivity contribution in [2.24, 2.45) is 0 Å². The summed E-state index contributed by atoms with van der Waals surface area (Å²) in [7, 11) is 0. The molecule has 1 aliphatic heterocycles. The molecule has 0 saturated carbocycles. The minimum absolute atomic E-state index is 0.0729. The molecule has 5 heterocycles. The maximum Gasteiger partial charge on any atom is 0.354 e. The first kappa shape index (κ1) is 24.5. The molecule has 1 amide bonds. The molecule has 0 radical (unpaired) electrons. The first-order chi connectivity index (χ1) is 17.3. The molecule has 11 heteroatoms. The molecule has 1 aliphatic rings. The number of pyridine rings is 1. The average molecular weight is 528 g/mol. The number of nitrogens with one attached hydrogen (secondary N) is 1. The predicted molar refractivity (Wildman–Crippen MR) is 138 cm³/mol. The standard InChI is InChI=1S/C25H26ClN5O4S/c1-14(2)30-9-7-15(8-10-30)27-24(32)20-12-18-19(4-3-17(28-18)25(33)34)31(20)13-16-11-21(35-29-16)22-5-6-23(26)36-22/h3-6,11-12,14-15H,7-10,13H2,1-2H3,(H,27,32)(H,33,34). The van der Waals surface area contributed by atoms with Crippen molar-refractivity contribution in [3.63, 3.8) is 0 Å². The molecule has 0 spiro atoms. The van der Waals surface area contributed by atoms with Crippen molar-refractivity contribution in [2.75, 3.05) is 13.1 Å². The van der Waals surface area contributed by atoms with Crippen molar-refractivity contribution in [3.8, 4) is 10.6 Å². The number of hydrogen-bond acceptors (Lipinski definition) is 7. The van der Waals surface area contributed by atoms with Crippen LogP contribution in [0.15, 0.2) is 40.9 Å². The minimum atomic E-state index is -1.12. The van der Waals surface area contributed by atoms with Crippen molar-refractivity contribution in [1.29, 1.82) is 0 Å². The van der Waals surface area contributed by atoms with Crippen LogP contribution < -0.4 is 5.32 Å². The van der Waals surface area contributed by atoms with Gasteiger partial charge in [0.25, 0.3) is 5.91 Å². The zero-order chi connectivity index (χ0) is 25.4. The molecule has 0 atom stereocenters. The number of aromatic nitrogens is 3. The fourth-order valence-corrected chi connectivity index (χ4v) is 5.54. The van der Waals surface area contributed by atoms with Gasteiger partial charge in [-0.1, -0.05) is 16.8 Å². The highest BCUT2D eigenvalue weighted by Crippen LogP contribution is 2.32. The van der Waals surface area contributed by atoms with Crippen LogP contribution >= 0.6 is 22.9 Å². The van der Waals surface area contributed by atoms with E-state index in [-0.39, 0.29) is 24.2 Å². The van der Waals surface area contributed by atoms with Gasteiger partial charge in [0.15, 0.2) is 5.76 Å². The summed E-state index contributed by atoms with van der Waals surface area (Å²) in [6.07, 6.45) is 1.75. The van der Waals surface area contributed by atoms with E-state index in [0.29, 0.717) is 38.6 Å². The number of piperidine rings is 1. The van der Waals surface area contributed by atoms with Gasteiger partial charge in [0.05, 0.1) is 26.8 Å². The van der Waals surface area contributed by atoms with Crippen molar-refractivity contribution < 1.29 is 19.2 Å². The lowest BCUT2D eigenvalue weighted by Gasteiger charge is -2.34. The number of carboxylic acids is 1. The van der Waals surface area contributed by atoms with Crippen LogP contribution in [0.4, 0.5) is 0 Å². The van der Waals surface area contributed by atoms with Crippen LogP contribution in [-0.2, 0) is 6.54 Å². The summed E-state index contributed by atoms with van der Waals surface area (Å²) in [6.45, 7) is 6.48. The smallest absolute Gasteiger partial charge is 0.354 e. The van der Waals surface area contributed by atoms with Gasteiger partial charge in [-0.15, -0.1) is 11.3 Å². The van der Waals surface area contributed by atoms with E-state index in [9.17, 15) is 14.7 Å². The van der Waals surface area contributed by atoms with Crippen LogP contribution in [0, 0.1) is 0 Å².